The largest absolute Gasteiger partial charge is 0.418 e. The molecule has 4 aromatic rings. The van der Waals surface area contributed by atoms with Crippen LogP contribution >= 0.6 is 0 Å². The average Bonchev–Trinajstić information content (AvgIpc) is 3.18. The molecule has 8 nitrogen and oxygen atoms in total. The summed E-state index contributed by atoms with van der Waals surface area (Å²) in [4.78, 5) is 39.6. The van der Waals surface area contributed by atoms with Crippen molar-refractivity contribution >= 4 is 22.6 Å². The molecule has 0 saturated carbocycles. The number of rotatable bonds is 7. The van der Waals surface area contributed by atoms with Crippen molar-refractivity contribution < 1.29 is 18.0 Å². The fraction of sp³-hybridized carbons (Fsp3) is 0.280. The summed E-state index contributed by atoms with van der Waals surface area (Å²) in [6.45, 7) is 3.21. The second kappa shape index (κ2) is 9.84. The van der Waals surface area contributed by atoms with Crippen molar-refractivity contribution in [3.05, 3.63) is 92.3 Å². The SMILES string of the molecule is CCn1nc(C)c2c1c(=O)n(CCc1ccccc1)c(=O)n2CC(=O)Nc1ccccc1C(F)(F)F. The monoisotopic (exact) mass is 499 g/mol. The van der Waals surface area contributed by atoms with Gasteiger partial charge in [-0.1, -0.05) is 42.5 Å². The van der Waals surface area contributed by atoms with E-state index in [9.17, 15) is 27.6 Å². The lowest BCUT2D eigenvalue weighted by Crippen LogP contribution is -2.42. The number of aromatic nitrogens is 4. The van der Waals surface area contributed by atoms with E-state index in [-0.39, 0.29) is 17.6 Å². The molecular weight excluding hydrogens is 475 g/mol. The van der Waals surface area contributed by atoms with Gasteiger partial charge in [0.15, 0.2) is 5.52 Å². The van der Waals surface area contributed by atoms with E-state index in [4.69, 9.17) is 0 Å². The highest BCUT2D eigenvalue weighted by molar-refractivity contribution is 5.92. The van der Waals surface area contributed by atoms with Gasteiger partial charge in [0.25, 0.3) is 5.56 Å². The smallest absolute Gasteiger partial charge is 0.324 e. The highest BCUT2D eigenvalue weighted by atomic mass is 19.4. The number of nitrogens with one attached hydrogen (secondary N) is 1. The first-order valence-corrected chi connectivity index (χ1v) is 11.3. The summed E-state index contributed by atoms with van der Waals surface area (Å²) in [7, 11) is 0. The predicted molar refractivity (Wildman–Crippen MR) is 129 cm³/mol. The number of para-hydroxylation sites is 1. The standard InChI is InChI=1S/C25H24F3N5O3/c1-3-33-22-21(16(2)30-33)32(15-20(34)29-19-12-8-7-11-18(19)25(26,27)28)24(36)31(23(22)35)14-13-17-9-5-4-6-10-17/h4-12H,3,13-15H2,1-2H3,(H,29,34). The van der Waals surface area contributed by atoms with Gasteiger partial charge < -0.3 is 5.32 Å². The third kappa shape index (κ3) is 4.81. The summed E-state index contributed by atoms with van der Waals surface area (Å²) in [5.41, 5.74) is -1.07. The van der Waals surface area contributed by atoms with Crippen molar-refractivity contribution in [1.29, 1.82) is 0 Å². The van der Waals surface area contributed by atoms with E-state index in [0.717, 1.165) is 26.8 Å². The number of benzene rings is 2. The van der Waals surface area contributed by atoms with Gasteiger partial charge in [-0.15, -0.1) is 0 Å². The van der Waals surface area contributed by atoms with Gasteiger partial charge in [-0.3, -0.25) is 23.4 Å². The molecule has 0 saturated heterocycles. The lowest BCUT2D eigenvalue weighted by Gasteiger charge is -2.15. The van der Waals surface area contributed by atoms with Crippen LogP contribution in [0.4, 0.5) is 18.9 Å². The minimum absolute atomic E-state index is 0.0596. The quantitative estimate of drug-likeness (QED) is 0.421. The molecule has 1 N–H and O–H groups in total. The zero-order valence-electron chi connectivity index (χ0n) is 19.7. The van der Waals surface area contributed by atoms with E-state index in [1.165, 1.54) is 16.8 Å². The third-order valence-corrected chi connectivity index (χ3v) is 5.85. The van der Waals surface area contributed by atoms with Crippen molar-refractivity contribution in [3.63, 3.8) is 0 Å². The van der Waals surface area contributed by atoms with Crippen LogP contribution in [0.25, 0.3) is 11.0 Å². The van der Waals surface area contributed by atoms with Crippen molar-refractivity contribution in [3.8, 4) is 0 Å². The number of carbonyl (C=O) groups excluding carboxylic acids is 1. The number of hydrogen-bond donors (Lipinski definition) is 1. The molecule has 2 aromatic carbocycles. The molecule has 2 aromatic heterocycles. The number of aryl methyl sites for hydroxylation is 3. The lowest BCUT2D eigenvalue weighted by atomic mass is 10.1. The van der Waals surface area contributed by atoms with E-state index in [1.54, 1.807) is 13.8 Å². The van der Waals surface area contributed by atoms with Gasteiger partial charge in [0.2, 0.25) is 5.91 Å². The molecule has 2 heterocycles. The molecule has 0 aliphatic heterocycles. The number of halogens is 3. The van der Waals surface area contributed by atoms with Crippen LogP contribution in [0.3, 0.4) is 0 Å². The lowest BCUT2D eigenvalue weighted by molar-refractivity contribution is -0.137. The third-order valence-electron chi connectivity index (χ3n) is 5.85. The predicted octanol–water partition coefficient (Wildman–Crippen LogP) is 3.59. The van der Waals surface area contributed by atoms with Crippen LogP contribution in [0, 0.1) is 6.92 Å². The Labute approximate surface area is 203 Å². The van der Waals surface area contributed by atoms with E-state index in [2.05, 4.69) is 10.4 Å². The Morgan fingerprint density at radius 3 is 2.31 bits per heavy atom. The van der Waals surface area contributed by atoms with E-state index in [1.807, 2.05) is 30.3 Å². The Morgan fingerprint density at radius 1 is 0.972 bits per heavy atom. The van der Waals surface area contributed by atoms with Crippen LogP contribution < -0.4 is 16.6 Å². The summed E-state index contributed by atoms with van der Waals surface area (Å²) >= 11 is 0. The van der Waals surface area contributed by atoms with Crippen LogP contribution in [0.1, 0.15) is 23.7 Å². The number of hydrogen-bond acceptors (Lipinski definition) is 4. The van der Waals surface area contributed by atoms with Gasteiger partial charge in [-0.05, 0) is 38.0 Å². The maximum atomic E-state index is 13.4. The zero-order valence-corrected chi connectivity index (χ0v) is 19.7. The van der Waals surface area contributed by atoms with Crippen LogP contribution in [-0.2, 0) is 37.0 Å². The van der Waals surface area contributed by atoms with Crippen molar-refractivity contribution in [2.24, 2.45) is 0 Å². The van der Waals surface area contributed by atoms with E-state index >= 15 is 0 Å². The minimum atomic E-state index is -4.67. The number of fused-ring (bicyclic) bond motifs is 1. The molecule has 1 amide bonds. The first-order valence-electron chi connectivity index (χ1n) is 11.3. The average molecular weight is 499 g/mol. The summed E-state index contributed by atoms with van der Waals surface area (Å²) in [5.74, 6) is -0.841. The van der Waals surface area contributed by atoms with Gasteiger partial charge >= 0.3 is 11.9 Å². The van der Waals surface area contributed by atoms with Crippen LogP contribution in [-0.4, -0.2) is 24.8 Å². The van der Waals surface area contributed by atoms with Gasteiger partial charge in [-0.2, -0.15) is 18.3 Å². The second-order valence-corrected chi connectivity index (χ2v) is 8.25. The minimum Gasteiger partial charge on any atom is -0.324 e. The molecule has 0 spiro atoms. The fourth-order valence-corrected chi connectivity index (χ4v) is 4.19. The van der Waals surface area contributed by atoms with Gasteiger partial charge in [-0.25, -0.2) is 4.79 Å². The second-order valence-electron chi connectivity index (χ2n) is 8.25. The fourth-order valence-electron chi connectivity index (χ4n) is 4.19. The molecule has 0 bridgehead atoms. The molecule has 188 valence electrons. The Balaban J connectivity index is 1.76. The van der Waals surface area contributed by atoms with Crippen molar-refractivity contribution in [2.45, 2.75) is 46.1 Å². The first kappa shape index (κ1) is 25.0. The van der Waals surface area contributed by atoms with Gasteiger partial charge in [0, 0.05) is 13.1 Å². The maximum Gasteiger partial charge on any atom is 0.418 e. The normalized spacial score (nSPS) is 11.7. The van der Waals surface area contributed by atoms with E-state index < -0.39 is 41.1 Å². The summed E-state index contributed by atoms with van der Waals surface area (Å²) in [6, 6.07) is 13.9. The topological polar surface area (TPSA) is 90.9 Å². The highest BCUT2D eigenvalue weighted by Gasteiger charge is 2.33. The zero-order chi connectivity index (χ0) is 26.0. The van der Waals surface area contributed by atoms with Crippen molar-refractivity contribution in [1.82, 2.24) is 18.9 Å². The molecule has 0 aliphatic rings. The molecule has 0 fully saturated rings. The molecule has 0 aliphatic carbocycles. The van der Waals surface area contributed by atoms with Crippen molar-refractivity contribution in [2.75, 3.05) is 5.32 Å². The maximum absolute atomic E-state index is 13.4. The summed E-state index contributed by atoms with van der Waals surface area (Å²) < 4.78 is 43.7. The number of nitrogens with zero attached hydrogens (tertiary/aromatic N) is 4. The van der Waals surface area contributed by atoms with Crippen LogP contribution in [0.5, 0.6) is 0 Å². The molecule has 0 atom stereocenters. The summed E-state index contributed by atoms with van der Waals surface area (Å²) in [5, 5.41) is 6.59. The first-order chi connectivity index (χ1) is 17.1. The highest BCUT2D eigenvalue weighted by Crippen LogP contribution is 2.34. The van der Waals surface area contributed by atoms with Gasteiger partial charge in [0.05, 0.1) is 16.9 Å². The Hall–Kier alpha value is -4.15. The number of anilines is 1. The molecule has 4 rings (SSSR count). The van der Waals surface area contributed by atoms with Gasteiger partial charge in [0.1, 0.15) is 12.1 Å². The Kier molecular flexibility index (Phi) is 6.82. The molecule has 0 unspecified atom stereocenters. The van der Waals surface area contributed by atoms with E-state index in [0.29, 0.717) is 18.7 Å². The summed E-state index contributed by atoms with van der Waals surface area (Å²) in [6.07, 6.45) is -4.27. The Bertz CT molecular complexity index is 1540. The Morgan fingerprint density at radius 2 is 1.64 bits per heavy atom. The van der Waals surface area contributed by atoms with Crippen LogP contribution in [0.2, 0.25) is 0 Å². The van der Waals surface area contributed by atoms with Crippen LogP contribution in [0.15, 0.2) is 64.2 Å². The number of alkyl halides is 3. The molecular formula is C25H24F3N5O3. The molecule has 11 heteroatoms. The number of carbonyl (C=O) groups is 1. The number of amides is 1. The molecule has 36 heavy (non-hydrogen) atoms. The molecule has 0 radical (unpaired) electrons.